The van der Waals surface area contributed by atoms with Gasteiger partial charge in [0.05, 0.1) is 6.10 Å². The van der Waals surface area contributed by atoms with Crippen LogP contribution < -0.4 is 0 Å². The Balaban J connectivity index is 3.05. The fourth-order valence-electron chi connectivity index (χ4n) is 2.71. The van der Waals surface area contributed by atoms with Crippen LogP contribution in [0.1, 0.15) is 26.7 Å². The quantitative estimate of drug-likeness (QED) is 0.580. The Bertz CT molecular complexity index is 307. The molecule has 0 aliphatic heterocycles. The lowest BCUT2D eigenvalue weighted by molar-refractivity contribution is 0.182. The second kappa shape index (κ2) is 4.50. The lowest BCUT2D eigenvalue weighted by Crippen LogP contribution is -2.23. The number of aliphatic hydroxyl groups excluding tert-OH is 1. The Hall–Kier alpha value is -0.343. The molecular formula is C14H26OSi. The molecule has 0 heterocycles. The summed E-state index contributed by atoms with van der Waals surface area (Å²) in [4.78, 5) is 0. The van der Waals surface area contributed by atoms with Gasteiger partial charge in [-0.25, -0.2) is 0 Å². The molecule has 0 radical (unpaired) electrons. The molecule has 16 heavy (non-hydrogen) atoms. The van der Waals surface area contributed by atoms with Crippen molar-refractivity contribution < 1.29 is 5.11 Å². The van der Waals surface area contributed by atoms with Gasteiger partial charge < -0.3 is 5.11 Å². The standard InChI is InChI=1S/C14H26OSi/c1-7-8-12-11(10-16(4,5)6)13(15)9-14(12,2)3/h7,13,15H,1,8-10H2,2-6H3/t13-/m0/s1. The van der Waals surface area contributed by atoms with Crippen LogP contribution in [0.15, 0.2) is 23.8 Å². The normalized spacial score (nSPS) is 25.0. The summed E-state index contributed by atoms with van der Waals surface area (Å²) in [5.41, 5.74) is 2.92. The molecule has 0 unspecified atom stereocenters. The molecule has 1 nitrogen and oxygen atoms in total. The van der Waals surface area contributed by atoms with Gasteiger partial charge in [-0.05, 0) is 29.9 Å². The maximum absolute atomic E-state index is 10.2. The molecule has 2 heteroatoms. The van der Waals surface area contributed by atoms with Gasteiger partial charge in [0.15, 0.2) is 0 Å². The summed E-state index contributed by atoms with van der Waals surface area (Å²) < 4.78 is 0. The van der Waals surface area contributed by atoms with E-state index in [9.17, 15) is 5.11 Å². The van der Waals surface area contributed by atoms with Crippen LogP contribution in [0.25, 0.3) is 0 Å². The third kappa shape index (κ3) is 3.08. The van der Waals surface area contributed by atoms with Gasteiger partial charge in [-0.3, -0.25) is 0 Å². The molecule has 1 aliphatic rings. The van der Waals surface area contributed by atoms with Crippen molar-refractivity contribution in [1.29, 1.82) is 0 Å². The molecule has 0 aromatic heterocycles. The van der Waals surface area contributed by atoms with E-state index in [1.165, 1.54) is 11.1 Å². The molecule has 0 saturated carbocycles. The Labute approximate surface area is 101 Å². The lowest BCUT2D eigenvalue weighted by atomic mass is 9.83. The highest BCUT2D eigenvalue weighted by molar-refractivity contribution is 6.76. The highest BCUT2D eigenvalue weighted by atomic mass is 28.3. The van der Waals surface area contributed by atoms with Crippen molar-refractivity contribution in [3.8, 4) is 0 Å². The number of hydrogen-bond acceptors (Lipinski definition) is 1. The first-order valence-corrected chi connectivity index (χ1v) is 9.89. The zero-order chi connectivity index (χ0) is 12.6. The number of rotatable bonds is 4. The summed E-state index contributed by atoms with van der Waals surface area (Å²) in [5.74, 6) is 0. The zero-order valence-electron chi connectivity index (χ0n) is 11.4. The van der Waals surface area contributed by atoms with E-state index in [0.717, 1.165) is 18.9 Å². The topological polar surface area (TPSA) is 20.2 Å². The van der Waals surface area contributed by atoms with E-state index in [1.54, 1.807) is 0 Å². The van der Waals surface area contributed by atoms with Crippen LogP contribution in [0.5, 0.6) is 0 Å². The largest absolute Gasteiger partial charge is 0.389 e. The van der Waals surface area contributed by atoms with Crippen molar-refractivity contribution >= 4 is 8.07 Å². The Kier molecular flexibility index (Phi) is 3.86. The van der Waals surface area contributed by atoms with Crippen molar-refractivity contribution in [2.75, 3.05) is 0 Å². The molecule has 0 aromatic rings. The molecular weight excluding hydrogens is 212 g/mol. The van der Waals surface area contributed by atoms with Crippen molar-refractivity contribution in [1.82, 2.24) is 0 Å². The first-order chi connectivity index (χ1) is 7.17. The molecule has 92 valence electrons. The highest BCUT2D eigenvalue weighted by Gasteiger charge is 2.38. The zero-order valence-corrected chi connectivity index (χ0v) is 12.4. The number of allylic oxidation sites excluding steroid dienone is 2. The highest BCUT2D eigenvalue weighted by Crippen LogP contribution is 2.46. The summed E-state index contributed by atoms with van der Waals surface area (Å²) in [7, 11) is -1.15. The summed E-state index contributed by atoms with van der Waals surface area (Å²) in [6, 6.07) is 1.13. The van der Waals surface area contributed by atoms with Gasteiger partial charge >= 0.3 is 0 Å². The molecule has 0 amide bonds. The van der Waals surface area contributed by atoms with Gasteiger partial charge in [-0.1, -0.05) is 45.1 Å². The van der Waals surface area contributed by atoms with Gasteiger partial charge in [0, 0.05) is 8.07 Å². The summed E-state index contributed by atoms with van der Waals surface area (Å²) >= 11 is 0. The van der Waals surface area contributed by atoms with E-state index >= 15 is 0 Å². The van der Waals surface area contributed by atoms with Crippen molar-refractivity contribution in [3.63, 3.8) is 0 Å². The first kappa shape index (κ1) is 13.7. The van der Waals surface area contributed by atoms with E-state index < -0.39 is 8.07 Å². The third-order valence-corrected chi connectivity index (χ3v) is 4.82. The second-order valence-corrected chi connectivity index (χ2v) is 12.3. The third-order valence-electron chi connectivity index (χ3n) is 3.38. The molecule has 0 saturated heterocycles. The van der Waals surface area contributed by atoms with Gasteiger partial charge in [-0.2, -0.15) is 0 Å². The van der Waals surface area contributed by atoms with Crippen LogP contribution in [-0.2, 0) is 0 Å². The monoisotopic (exact) mass is 238 g/mol. The molecule has 1 aliphatic carbocycles. The predicted molar refractivity (Wildman–Crippen MR) is 74.4 cm³/mol. The van der Waals surface area contributed by atoms with Gasteiger partial charge in [0.1, 0.15) is 0 Å². The minimum atomic E-state index is -1.15. The van der Waals surface area contributed by atoms with Crippen LogP contribution in [-0.4, -0.2) is 19.3 Å². The average molecular weight is 238 g/mol. The summed E-state index contributed by atoms with van der Waals surface area (Å²) in [6.07, 6.45) is 3.58. The summed E-state index contributed by atoms with van der Waals surface area (Å²) in [5, 5.41) is 10.2. The van der Waals surface area contributed by atoms with E-state index in [1.807, 2.05) is 6.08 Å². The Morgan fingerprint density at radius 1 is 1.44 bits per heavy atom. The SMILES string of the molecule is C=CCC1=C(C[Si](C)(C)C)[C@@H](O)CC1(C)C. The number of aliphatic hydroxyl groups is 1. The fourth-order valence-corrected chi connectivity index (χ4v) is 4.30. The Morgan fingerprint density at radius 2 is 2.00 bits per heavy atom. The molecule has 1 atom stereocenters. The van der Waals surface area contributed by atoms with Gasteiger partial charge in [0.2, 0.25) is 0 Å². The van der Waals surface area contributed by atoms with E-state index in [0.29, 0.717) is 0 Å². The van der Waals surface area contributed by atoms with Crippen molar-refractivity contribution in [3.05, 3.63) is 23.8 Å². The molecule has 1 N–H and O–H groups in total. The molecule has 0 spiro atoms. The maximum atomic E-state index is 10.2. The van der Waals surface area contributed by atoms with Crippen LogP contribution in [0, 0.1) is 5.41 Å². The number of hydrogen-bond donors (Lipinski definition) is 1. The van der Waals surface area contributed by atoms with E-state index in [4.69, 9.17) is 0 Å². The summed E-state index contributed by atoms with van der Waals surface area (Å²) in [6.45, 7) is 15.4. The van der Waals surface area contributed by atoms with Gasteiger partial charge in [-0.15, -0.1) is 6.58 Å². The minimum absolute atomic E-state index is 0.155. The molecule has 0 aromatic carbocycles. The van der Waals surface area contributed by atoms with Crippen LogP contribution >= 0.6 is 0 Å². The fraction of sp³-hybridized carbons (Fsp3) is 0.714. The molecule has 1 rings (SSSR count). The van der Waals surface area contributed by atoms with E-state index in [2.05, 4.69) is 40.1 Å². The van der Waals surface area contributed by atoms with Crippen molar-refractivity contribution in [2.45, 2.75) is 58.5 Å². The first-order valence-electron chi connectivity index (χ1n) is 6.19. The maximum Gasteiger partial charge on any atom is 0.0758 e. The van der Waals surface area contributed by atoms with Crippen LogP contribution in [0.3, 0.4) is 0 Å². The van der Waals surface area contributed by atoms with E-state index in [-0.39, 0.29) is 11.5 Å². The second-order valence-electron chi connectivity index (χ2n) is 6.84. The van der Waals surface area contributed by atoms with Crippen molar-refractivity contribution in [2.24, 2.45) is 5.41 Å². The lowest BCUT2D eigenvalue weighted by Gasteiger charge is -2.23. The van der Waals surface area contributed by atoms with Crippen LogP contribution in [0.2, 0.25) is 25.7 Å². The average Bonchev–Trinajstić information content (AvgIpc) is 2.25. The Morgan fingerprint density at radius 3 is 2.44 bits per heavy atom. The molecule has 0 fully saturated rings. The van der Waals surface area contributed by atoms with Crippen LogP contribution in [0.4, 0.5) is 0 Å². The van der Waals surface area contributed by atoms with Gasteiger partial charge in [0.25, 0.3) is 0 Å². The molecule has 0 bridgehead atoms. The predicted octanol–water partition coefficient (Wildman–Crippen LogP) is 3.99. The minimum Gasteiger partial charge on any atom is -0.389 e. The smallest absolute Gasteiger partial charge is 0.0758 e.